The molecule has 4 heterocycles. The van der Waals surface area contributed by atoms with Crippen molar-refractivity contribution in [1.82, 2.24) is 19.3 Å². The smallest absolute Gasteiger partial charge is 0.303 e. The van der Waals surface area contributed by atoms with Crippen LogP contribution in [-0.4, -0.2) is 68.6 Å². The minimum absolute atomic E-state index is 0.0292. The van der Waals surface area contributed by atoms with Gasteiger partial charge in [-0.1, -0.05) is 12.1 Å². The number of aliphatic imine (C=N–C) groups is 1. The van der Waals surface area contributed by atoms with Gasteiger partial charge in [-0.2, -0.15) is 0 Å². The largest absolute Gasteiger partial charge is 0.481 e. The second-order valence-electron chi connectivity index (χ2n) is 9.80. The van der Waals surface area contributed by atoms with Crippen LogP contribution in [0.25, 0.3) is 16.9 Å². The van der Waals surface area contributed by atoms with Gasteiger partial charge in [0, 0.05) is 80.8 Å². The lowest BCUT2D eigenvalue weighted by Crippen LogP contribution is -2.48. The van der Waals surface area contributed by atoms with E-state index in [4.69, 9.17) is 10.1 Å². The molecule has 1 amide bonds. The average molecular weight is 524 g/mol. The van der Waals surface area contributed by atoms with Crippen LogP contribution in [0.15, 0.2) is 66.0 Å². The Balaban J connectivity index is 1.12. The van der Waals surface area contributed by atoms with Crippen molar-refractivity contribution in [1.29, 1.82) is 0 Å². The number of hydrogen-bond donors (Lipinski definition) is 2. The van der Waals surface area contributed by atoms with E-state index in [2.05, 4.69) is 50.5 Å². The van der Waals surface area contributed by atoms with Gasteiger partial charge in [0.25, 0.3) is 0 Å². The number of fused-ring (bicyclic) bond motifs is 2. The number of carbonyl (C=O) groups excluding carboxylic acids is 1. The first-order chi connectivity index (χ1) is 19.0. The van der Waals surface area contributed by atoms with Gasteiger partial charge in [-0.05, 0) is 47.9 Å². The Morgan fingerprint density at radius 3 is 2.62 bits per heavy atom. The SMILES string of the molecule is O=C(O)CCCC(=O)N1CCN(c2ccc(Nc3nc(-c4ccc5c(c4)CN=C5)cn4ccnc34)cc2)CC1. The van der Waals surface area contributed by atoms with Crippen LogP contribution in [0, 0.1) is 0 Å². The number of piperazine rings is 1. The molecular formula is C29H29N7O3. The number of anilines is 3. The Bertz CT molecular complexity index is 1550. The van der Waals surface area contributed by atoms with E-state index in [-0.39, 0.29) is 18.7 Å². The fraction of sp³-hybridized carbons (Fsp3) is 0.276. The normalized spacial score (nSPS) is 14.6. The van der Waals surface area contributed by atoms with Crippen LogP contribution < -0.4 is 10.2 Å². The van der Waals surface area contributed by atoms with Crippen molar-refractivity contribution in [3.8, 4) is 11.3 Å². The lowest BCUT2D eigenvalue weighted by atomic mass is 10.0. The zero-order valence-corrected chi connectivity index (χ0v) is 21.5. The summed E-state index contributed by atoms with van der Waals surface area (Å²) in [5.41, 5.74) is 6.99. The molecule has 2 aliphatic rings. The van der Waals surface area contributed by atoms with E-state index < -0.39 is 5.97 Å². The molecule has 0 radical (unpaired) electrons. The molecule has 2 aliphatic heterocycles. The van der Waals surface area contributed by atoms with E-state index >= 15 is 0 Å². The van der Waals surface area contributed by atoms with E-state index in [0.29, 0.717) is 31.9 Å². The summed E-state index contributed by atoms with van der Waals surface area (Å²) < 4.78 is 1.98. The third-order valence-electron chi connectivity index (χ3n) is 7.21. The predicted molar refractivity (Wildman–Crippen MR) is 150 cm³/mol. The number of hydrogen-bond acceptors (Lipinski definition) is 7. The Kier molecular flexibility index (Phi) is 6.66. The molecule has 4 aromatic rings. The summed E-state index contributed by atoms with van der Waals surface area (Å²) in [6.07, 6.45) is 8.28. The van der Waals surface area contributed by atoms with Gasteiger partial charge < -0.3 is 24.6 Å². The van der Waals surface area contributed by atoms with Crippen molar-refractivity contribution in [3.63, 3.8) is 0 Å². The minimum Gasteiger partial charge on any atom is -0.481 e. The average Bonchev–Trinajstić information content (AvgIpc) is 3.63. The van der Waals surface area contributed by atoms with Crippen molar-refractivity contribution in [2.45, 2.75) is 25.8 Å². The van der Waals surface area contributed by atoms with Gasteiger partial charge in [-0.25, -0.2) is 9.97 Å². The zero-order valence-electron chi connectivity index (χ0n) is 21.5. The third-order valence-corrected chi connectivity index (χ3v) is 7.21. The van der Waals surface area contributed by atoms with Crippen molar-refractivity contribution in [3.05, 3.63) is 72.2 Å². The minimum atomic E-state index is -0.863. The molecule has 6 rings (SSSR count). The van der Waals surface area contributed by atoms with E-state index in [1.54, 1.807) is 6.20 Å². The molecule has 1 fully saturated rings. The summed E-state index contributed by atoms with van der Waals surface area (Å²) in [6, 6.07) is 14.5. The summed E-state index contributed by atoms with van der Waals surface area (Å²) in [4.78, 5) is 40.9. The summed E-state index contributed by atoms with van der Waals surface area (Å²) in [5.74, 6) is -0.154. The van der Waals surface area contributed by atoms with Crippen molar-refractivity contribution < 1.29 is 14.7 Å². The van der Waals surface area contributed by atoms with Gasteiger partial charge in [-0.15, -0.1) is 0 Å². The molecule has 2 aromatic carbocycles. The highest BCUT2D eigenvalue weighted by atomic mass is 16.4. The van der Waals surface area contributed by atoms with E-state index in [9.17, 15) is 9.59 Å². The maximum Gasteiger partial charge on any atom is 0.303 e. The topological polar surface area (TPSA) is 115 Å². The highest BCUT2D eigenvalue weighted by molar-refractivity contribution is 5.86. The van der Waals surface area contributed by atoms with Crippen LogP contribution in [0.2, 0.25) is 0 Å². The predicted octanol–water partition coefficient (Wildman–Crippen LogP) is 3.98. The maximum absolute atomic E-state index is 12.4. The highest BCUT2D eigenvalue weighted by Gasteiger charge is 2.21. The van der Waals surface area contributed by atoms with Gasteiger partial charge in [0.05, 0.1) is 12.2 Å². The lowest BCUT2D eigenvalue weighted by molar-refractivity contribution is -0.137. The van der Waals surface area contributed by atoms with Crippen molar-refractivity contribution in [2.75, 3.05) is 36.4 Å². The Morgan fingerprint density at radius 2 is 1.82 bits per heavy atom. The monoisotopic (exact) mass is 523 g/mol. The number of aromatic nitrogens is 3. The molecular weight excluding hydrogens is 494 g/mol. The molecule has 10 heteroatoms. The number of nitrogens with one attached hydrogen (secondary N) is 1. The van der Waals surface area contributed by atoms with Gasteiger partial charge in [0.15, 0.2) is 11.5 Å². The molecule has 198 valence electrons. The van der Waals surface area contributed by atoms with Crippen molar-refractivity contribution in [2.24, 2.45) is 4.99 Å². The lowest BCUT2D eigenvalue weighted by Gasteiger charge is -2.36. The molecule has 39 heavy (non-hydrogen) atoms. The summed E-state index contributed by atoms with van der Waals surface area (Å²) >= 11 is 0. The number of carboxylic acid groups (broad SMARTS) is 1. The van der Waals surface area contributed by atoms with Gasteiger partial charge >= 0.3 is 5.97 Å². The van der Waals surface area contributed by atoms with Crippen LogP contribution in [0.4, 0.5) is 17.2 Å². The van der Waals surface area contributed by atoms with E-state index in [1.165, 1.54) is 5.56 Å². The summed E-state index contributed by atoms with van der Waals surface area (Å²) in [5, 5.41) is 12.2. The molecule has 0 bridgehead atoms. The molecule has 0 unspecified atom stereocenters. The first-order valence-corrected chi connectivity index (χ1v) is 13.1. The fourth-order valence-electron chi connectivity index (χ4n) is 5.08. The van der Waals surface area contributed by atoms with Crippen LogP contribution in [0.5, 0.6) is 0 Å². The van der Waals surface area contributed by atoms with Crippen LogP contribution in [-0.2, 0) is 16.1 Å². The number of nitrogens with zero attached hydrogens (tertiary/aromatic N) is 6. The van der Waals surface area contributed by atoms with Gasteiger partial charge in [-0.3, -0.25) is 14.6 Å². The molecule has 10 nitrogen and oxygen atoms in total. The number of rotatable bonds is 8. The number of carbonyl (C=O) groups is 2. The van der Waals surface area contributed by atoms with Crippen molar-refractivity contribution >= 4 is 40.9 Å². The molecule has 1 saturated heterocycles. The summed E-state index contributed by atoms with van der Waals surface area (Å²) in [6.45, 7) is 3.44. The van der Waals surface area contributed by atoms with Crippen LogP contribution in [0.3, 0.4) is 0 Å². The number of imidazole rings is 1. The summed E-state index contributed by atoms with van der Waals surface area (Å²) in [7, 11) is 0. The quantitative estimate of drug-likeness (QED) is 0.359. The first-order valence-electron chi connectivity index (χ1n) is 13.1. The number of aliphatic carboxylic acids is 1. The van der Waals surface area contributed by atoms with Gasteiger partial charge in [0.1, 0.15) is 0 Å². The Morgan fingerprint density at radius 1 is 1.00 bits per heavy atom. The second-order valence-corrected chi connectivity index (χ2v) is 9.80. The fourth-order valence-corrected chi connectivity index (χ4v) is 5.08. The number of amides is 1. The van der Waals surface area contributed by atoms with E-state index in [0.717, 1.165) is 46.9 Å². The Labute approximate surface area is 225 Å². The number of benzene rings is 2. The zero-order chi connectivity index (χ0) is 26.8. The molecule has 0 atom stereocenters. The highest BCUT2D eigenvalue weighted by Crippen LogP contribution is 2.28. The van der Waals surface area contributed by atoms with Crippen LogP contribution >= 0.6 is 0 Å². The molecule has 0 aliphatic carbocycles. The molecule has 0 saturated carbocycles. The maximum atomic E-state index is 12.4. The third kappa shape index (κ3) is 5.31. The first kappa shape index (κ1) is 24.6. The standard InChI is InChI=1S/C29H29N7O3/c37-26(2-1-3-27(38)39)35-14-12-34(13-15-35)24-8-6-23(7-9-24)32-28-29-31-10-11-36(29)19-25(33-28)20-4-5-21-17-30-18-22(21)16-20/h4-11,16-17,19H,1-3,12-15,18H2,(H,32,33)(H,38,39). The van der Waals surface area contributed by atoms with Gasteiger partial charge in [0.2, 0.25) is 5.91 Å². The van der Waals surface area contributed by atoms with Crippen LogP contribution in [0.1, 0.15) is 30.4 Å². The second kappa shape index (κ2) is 10.6. The number of carboxylic acids is 1. The molecule has 0 spiro atoms. The van der Waals surface area contributed by atoms with E-state index in [1.807, 2.05) is 40.0 Å². The molecule has 2 aromatic heterocycles. The molecule has 2 N–H and O–H groups in total. The Hall–Kier alpha value is -4.73.